The molecule has 3 aliphatic carbocycles. The molecule has 1 saturated heterocycles. The van der Waals surface area contributed by atoms with E-state index in [9.17, 15) is 0 Å². The summed E-state index contributed by atoms with van der Waals surface area (Å²) >= 11 is 0. The summed E-state index contributed by atoms with van der Waals surface area (Å²) in [6, 6.07) is 0. The molecule has 5 atom stereocenters. The van der Waals surface area contributed by atoms with Gasteiger partial charge in [-0.1, -0.05) is 6.58 Å². The van der Waals surface area contributed by atoms with Crippen LogP contribution in [0.4, 0.5) is 0 Å². The van der Waals surface area contributed by atoms with Crippen LogP contribution in [0.1, 0.15) is 25.7 Å². The molecule has 4 rings (SSSR count). The highest BCUT2D eigenvalue weighted by atomic mass is 16.5. The molecule has 0 radical (unpaired) electrons. The van der Waals surface area contributed by atoms with E-state index in [4.69, 9.17) is 4.74 Å². The van der Waals surface area contributed by atoms with Crippen LogP contribution in [0.25, 0.3) is 0 Å². The lowest BCUT2D eigenvalue weighted by molar-refractivity contribution is 0.0777. The van der Waals surface area contributed by atoms with Gasteiger partial charge in [-0.25, -0.2) is 0 Å². The number of hydrogen-bond donors (Lipinski definition) is 0. The number of rotatable bonds is 1. The van der Waals surface area contributed by atoms with E-state index in [1.807, 2.05) is 0 Å². The average Bonchev–Trinajstić information content (AvgIpc) is 2.69. The molecule has 1 heterocycles. The average molecular weight is 176 g/mol. The van der Waals surface area contributed by atoms with Gasteiger partial charge in [0.2, 0.25) is 0 Å². The van der Waals surface area contributed by atoms with Crippen molar-refractivity contribution in [2.75, 3.05) is 0 Å². The summed E-state index contributed by atoms with van der Waals surface area (Å²) in [5.41, 5.74) is 0. The lowest BCUT2D eigenvalue weighted by Gasteiger charge is -2.25. The fourth-order valence-electron chi connectivity index (χ4n) is 4.27. The minimum Gasteiger partial charge on any atom is -0.494 e. The molecule has 0 N–H and O–H groups in total. The Hall–Kier alpha value is -0.460. The van der Waals surface area contributed by atoms with Gasteiger partial charge < -0.3 is 4.74 Å². The molecule has 13 heavy (non-hydrogen) atoms. The van der Waals surface area contributed by atoms with Crippen molar-refractivity contribution in [3.05, 3.63) is 12.3 Å². The van der Waals surface area contributed by atoms with Crippen molar-refractivity contribution < 1.29 is 4.74 Å². The normalized spacial score (nSPS) is 57.2. The Morgan fingerprint density at radius 3 is 2.77 bits per heavy atom. The first-order chi connectivity index (χ1) is 6.34. The molecule has 5 unspecified atom stereocenters. The number of allylic oxidation sites excluding steroid dienone is 1. The lowest BCUT2D eigenvalue weighted by atomic mass is 9.79. The Morgan fingerprint density at radius 1 is 1.15 bits per heavy atom. The Kier molecular flexibility index (Phi) is 1.05. The zero-order valence-electron chi connectivity index (χ0n) is 7.91. The van der Waals surface area contributed by atoms with Crippen molar-refractivity contribution in [1.29, 1.82) is 0 Å². The summed E-state index contributed by atoms with van der Waals surface area (Å²) in [6.07, 6.45) is 6.41. The molecule has 0 spiro atoms. The van der Waals surface area contributed by atoms with Gasteiger partial charge in [0.25, 0.3) is 0 Å². The monoisotopic (exact) mass is 176 g/mol. The van der Waals surface area contributed by atoms with Crippen molar-refractivity contribution in [3.63, 3.8) is 0 Å². The summed E-state index contributed by atoms with van der Waals surface area (Å²) < 4.78 is 5.96. The smallest absolute Gasteiger partial charge is 0.105 e. The molecule has 70 valence electrons. The first kappa shape index (κ1) is 6.92. The summed E-state index contributed by atoms with van der Waals surface area (Å²) in [7, 11) is 0. The molecule has 3 saturated carbocycles. The van der Waals surface area contributed by atoms with Gasteiger partial charge in [-0.15, -0.1) is 0 Å². The molecule has 0 aromatic heterocycles. The van der Waals surface area contributed by atoms with Crippen LogP contribution < -0.4 is 0 Å². The second kappa shape index (κ2) is 1.97. The maximum atomic E-state index is 5.96. The lowest BCUT2D eigenvalue weighted by Crippen LogP contribution is -2.28. The zero-order valence-corrected chi connectivity index (χ0v) is 7.91. The first-order valence-electron chi connectivity index (χ1n) is 5.70. The van der Waals surface area contributed by atoms with Gasteiger partial charge in [0.15, 0.2) is 0 Å². The molecule has 4 fully saturated rings. The van der Waals surface area contributed by atoms with E-state index in [2.05, 4.69) is 6.58 Å². The van der Waals surface area contributed by atoms with Gasteiger partial charge in [-0.3, -0.25) is 0 Å². The fourth-order valence-corrected chi connectivity index (χ4v) is 4.27. The molecule has 1 nitrogen and oxygen atoms in total. The third-order valence-electron chi connectivity index (χ3n) is 4.86. The third-order valence-corrected chi connectivity index (χ3v) is 4.86. The Morgan fingerprint density at radius 2 is 2.00 bits per heavy atom. The predicted molar refractivity (Wildman–Crippen MR) is 49.9 cm³/mol. The number of hydrogen-bond acceptors (Lipinski definition) is 1. The van der Waals surface area contributed by atoms with Gasteiger partial charge in [0, 0.05) is 17.8 Å². The molecule has 4 aliphatic rings. The Labute approximate surface area is 79.2 Å². The van der Waals surface area contributed by atoms with Crippen molar-refractivity contribution >= 4 is 0 Å². The zero-order chi connectivity index (χ0) is 8.58. The molecular weight excluding hydrogens is 160 g/mol. The van der Waals surface area contributed by atoms with Gasteiger partial charge in [-0.2, -0.15) is 0 Å². The Balaban J connectivity index is 1.74. The SMILES string of the molecule is C=C1OC2C3CC(CC13)C2C1CC1. The van der Waals surface area contributed by atoms with E-state index in [0.717, 1.165) is 35.3 Å². The molecule has 0 amide bonds. The van der Waals surface area contributed by atoms with Gasteiger partial charge >= 0.3 is 0 Å². The quantitative estimate of drug-likeness (QED) is 0.596. The summed E-state index contributed by atoms with van der Waals surface area (Å²) in [4.78, 5) is 0. The van der Waals surface area contributed by atoms with Gasteiger partial charge in [0.05, 0.1) is 5.76 Å². The van der Waals surface area contributed by atoms with Crippen molar-refractivity contribution in [3.8, 4) is 0 Å². The van der Waals surface area contributed by atoms with Crippen LogP contribution in [0, 0.1) is 29.6 Å². The fraction of sp³-hybridized carbons (Fsp3) is 0.833. The maximum absolute atomic E-state index is 5.96. The highest BCUT2D eigenvalue weighted by molar-refractivity contribution is 5.17. The largest absolute Gasteiger partial charge is 0.494 e. The summed E-state index contributed by atoms with van der Waals surface area (Å²) in [6.45, 7) is 4.07. The number of ether oxygens (including phenoxy) is 1. The van der Waals surface area contributed by atoms with E-state index in [0.29, 0.717) is 6.10 Å². The first-order valence-corrected chi connectivity index (χ1v) is 5.70. The molecule has 0 aromatic rings. The van der Waals surface area contributed by atoms with Crippen LogP contribution in [-0.4, -0.2) is 6.10 Å². The molecular formula is C12H16O. The van der Waals surface area contributed by atoms with E-state index in [1.165, 1.54) is 25.7 Å². The van der Waals surface area contributed by atoms with Crippen LogP contribution in [0.5, 0.6) is 0 Å². The standard InChI is InChI=1S/C12H16O/c1-6-9-4-8-5-10(9)12(13-6)11(8)7-2-3-7/h7-12H,1-5H2. The van der Waals surface area contributed by atoms with E-state index in [-0.39, 0.29) is 0 Å². The summed E-state index contributed by atoms with van der Waals surface area (Å²) in [5, 5.41) is 0. The van der Waals surface area contributed by atoms with E-state index in [1.54, 1.807) is 0 Å². The Bertz CT molecular complexity index is 279. The molecule has 1 aliphatic heterocycles. The minimum atomic E-state index is 0.601. The van der Waals surface area contributed by atoms with Gasteiger partial charge in [-0.05, 0) is 37.5 Å². The van der Waals surface area contributed by atoms with Crippen LogP contribution in [0.3, 0.4) is 0 Å². The third kappa shape index (κ3) is 0.707. The highest BCUT2D eigenvalue weighted by Gasteiger charge is 2.62. The van der Waals surface area contributed by atoms with Gasteiger partial charge in [0.1, 0.15) is 6.10 Å². The highest BCUT2D eigenvalue weighted by Crippen LogP contribution is 2.64. The van der Waals surface area contributed by atoms with Crippen LogP contribution in [-0.2, 0) is 4.74 Å². The molecule has 2 bridgehead atoms. The predicted octanol–water partition coefficient (Wildman–Crippen LogP) is 2.58. The molecule has 0 aromatic carbocycles. The second-order valence-corrected chi connectivity index (χ2v) is 5.47. The van der Waals surface area contributed by atoms with E-state index < -0.39 is 0 Å². The minimum absolute atomic E-state index is 0.601. The van der Waals surface area contributed by atoms with Crippen LogP contribution in [0.15, 0.2) is 12.3 Å². The van der Waals surface area contributed by atoms with Crippen LogP contribution >= 0.6 is 0 Å². The topological polar surface area (TPSA) is 9.23 Å². The second-order valence-electron chi connectivity index (χ2n) is 5.47. The van der Waals surface area contributed by atoms with Crippen molar-refractivity contribution in [2.24, 2.45) is 29.6 Å². The maximum Gasteiger partial charge on any atom is 0.105 e. The number of fused-ring (bicyclic) bond motifs is 1. The van der Waals surface area contributed by atoms with E-state index >= 15 is 0 Å². The van der Waals surface area contributed by atoms with Crippen LogP contribution in [0.2, 0.25) is 0 Å². The summed E-state index contributed by atoms with van der Waals surface area (Å²) in [5.74, 6) is 5.73. The molecule has 1 heteroatoms. The van der Waals surface area contributed by atoms with Crippen molar-refractivity contribution in [2.45, 2.75) is 31.8 Å². The van der Waals surface area contributed by atoms with Crippen molar-refractivity contribution in [1.82, 2.24) is 0 Å².